The molecule has 59 heavy (non-hydrogen) atoms. The largest absolute Gasteiger partial charge is 0.479 e. The molecule has 0 saturated heterocycles. The smallest absolute Gasteiger partial charge is 0.344 e. The highest BCUT2D eigenvalue weighted by Gasteiger charge is 2.53. The average Bonchev–Trinajstić information content (AvgIpc) is 3.15. The minimum absolute atomic E-state index is 0.371. The lowest BCUT2D eigenvalue weighted by molar-refractivity contribution is -0.166. The first-order valence-electron chi connectivity index (χ1n) is 23.6. The first kappa shape index (κ1) is 48.2. The van der Waals surface area contributed by atoms with Gasteiger partial charge < -0.3 is 29.2 Å². The van der Waals surface area contributed by atoms with Crippen LogP contribution in [0.2, 0.25) is 0 Å². The molecule has 2 unspecified atom stereocenters. The molecule has 0 aliphatic carbocycles. The van der Waals surface area contributed by atoms with Crippen LogP contribution < -0.4 is 18.9 Å². The Morgan fingerprint density at radius 1 is 0.542 bits per heavy atom. The quantitative estimate of drug-likeness (QED) is 0.0816. The molecular formula is C51H80O8. The van der Waals surface area contributed by atoms with E-state index in [0.29, 0.717) is 37.2 Å². The summed E-state index contributed by atoms with van der Waals surface area (Å²) in [6.07, 6.45) is 24.3. The predicted octanol–water partition coefficient (Wildman–Crippen LogP) is 14.1. The molecule has 0 fully saturated rings. The summed E-state index contributed by atoms with van der Waals surface area (Å²) >= 11 is 0. The van der Waals surface area contributed by atoms with E-state index in [2.05, 4.69) is 41.5 Å². The molecule has 2 aliphatic heterocycles. The molecule has 2 N–H and O–H groups in total. The van der Waals surface area contributed by atoms with Crippen LogP contribution in [-0.2, 0) is 20.4 Å². The monoisotopic (exact) mass is 821 g/mol. The maximum atomic E-state index is 12.3. The maximum absolute atomic E-state index is 12.3. The van der Waals surface area contributed by atoms with E-state index in [9.17, 15) is 19.8 Å². The molecule has 1 spiro atoms. The van der Waals surface area contributed by atoms with Crippen LogP contribution in [0.4, 0.5) is 0 Å². The Hall–Kier alpha value is -3.42. The van der Waals surface area contributed by atoms with Gasteiger partial charge in [-0.15, -0.1) is 0 Å². The zero-order valence-corrected chi connectivity index (χ0v) is 38.3. The zero-order chi connectivity index (χ0) is 43.1. The fraction of sp³-hybridized carbons (Fsp3) is 0.725. The number of fused-ring (bicyclic) bond motifs is 2. The number of rotatable bonds is 28. The van der Waals surface area contributed by atoms with E-state index in [0.717, 1.165) is 72.3 Å². The van der Waals surface area contributed by atoms with Crippen LogP contribution in [0.15, 0.2) is 24.3 Å². The van der Waals surface area contributed by atoms with Gasteiger partial charge in [0.2, 0.25) is 0 Å². The predicted molar refractivity (Wildman–Crippen MR) is 239 cm³/mol. The third kappa shape index (κ3) is 14.3. The minimum atomic E-state index is -0.936. The molecule has 0 aromatic heterocycles. The van der Waals surface area contributed by atoms with Crippen molar-refractivity contribution in [2.45, 2.75) is 238 Å². The molecule has 8 nitrogen and oxygen atoms in total. The SMILES string of the molecule is CCCCCCCCCCCCC(Oc1cc2c(cc1C)OC1(CC2(C)C)CC(C)(C)c2cc(OC(CCCCCCCCCCCC)C(=O)O)c(C)cc2O1)C(=O)O. The number of ether oxygens (including phenoxy) is 4. The number of carbonyl (C=O) groups is 2. The highest BCUT2D eigenvalue weighted by atomic mass is 16.7. The number of aryl methyl sites for hydroxylation is 2. The van der Waals surface area contributed by atoms with E-state index >= 15 is 0 Å². The summed E-state index contributed by atoms with van der Waals surface area (Å²) in [6.45, 7) is 17.1. The van der Waals surface area contributed by atoms with Crippen molar-refractivity contribution >= 4 is 11.9 Å². The van der Waals surface area contributed by atoms with E-state index in [1.807, 2.05) is 38.1 Å². The van der Waals surface area contributed by atoms with Crippen LogP contribution in [0.25, 0.3) is 0 Å². The number of carboxylic acid groups (broad SMARTS) is 2. The number of hydrogen-bond donors (Lipinski definition) is 2. The Balaban J connectivity index is 1.38. The summed E-state index contributed by atoms with van der Waals surface area (Å²) in [6, 6.07) is 7.91. The zero-order valence-electron chi connectivity index (χ0n) is 38.3. The molecule has 2 aromatic carbocycles. The van der Waals surface area contributed by atoms with Crippen molar-refractivity contribution in [2.75, 3.05) is 0 Å². The summed E-state index contributed by atoms with van der Waals surface area (Å²) in [5, 5.41) is 20.2. The third-order valence-corrected chi connectivity index (χ3v) is 12.8. The van der Waals surface area contributed by atoms with Gasteiger partial charge in [-0.2, -0.15) is 0 Å². The normalized spacial score (nSPS) is 18.6. The molecule has 0 saturated carbocycles. The van der Waals surface area contributed by atoms with Gasteiger partial charge in [-0.25, -0.2) is 9.59 Å². The van der Waals surface area contributed by atoms with Gasteiger partial charge in [0.15, 0.2) is 12.2 Å². The van der Waals surface area contributed by atoms with E-state index in [4.69, 9.17) is 18.9 Å². The number of hydrogen-bond acceptors (Lipinski definition) is 6. The van der Waals surface area contributed by atoms with Crippen molar-refractivity contribution in [3.8, 4) is 23.0 Å². The molecule has 0 amide bonds. The Labute approximate surface area is 357 Å². The van der Waals surface area contributed by atoms with E-state index < -0.39 is 29.9 Å². The summed E-state index contributed by atoms with van der Waals surface area (Å²) in [5.41, 5.74) is 2.85. The summed E-state index contributed by atoms with van der Waals surface area (Å²) in [5.74, 6) is -0.181. The lowest BCUT2D eigenvalue weighted by Crippen LogP contribution is -2.55. The fourth-order valence-corrected chi connectivity index (χ4v) is 9.38. The van der Waals surface area contributed by atoms with Gasteiger partial charge in [0.25, 0.3) is 5.79 Å². The van der Waals surface area contributed by atoms with Crippen molar-refractivity contribution in [3.63, 3.8) is 0 Å². The van der Waals surface area contributed by atoms with Gasteiger partial charge in [-0.05, 0) is 74.9 Å². The molecule has 2 aromatic rings. The molecule has 8 heteroatoms. The van der Waals surface area contributed by atoms with Crippen LogP contribution in [0.5, 0.6) is 23.0 Å². The summed E-state index contributed by atoms with van der Waals surface area (Å²) in [7, 11) is 0. The topological polar surface area (TPSA) is 112 Å². The van der Waals surface area contributed by atoms with Crippen molar-refractivity contribution in [2.24, 2.45) is 0 Å². The van der Waals surface area contributed by atoms with Crippen molar-refractivity contribution in [1.29, 1.82) is 0 Å². The molecule has 332 valence electrons. The van der Waals surface area contributed by atoms with Crippen LogP contribution in [-0.4, -0.2) is 40.1 Å². The Bertz CT molecular complexity index is 1510. The fourth-order valence-electron chi connectivity index (χ4n) is 9.38. The third-order valence-electron chi connectivity index (χ3n) is 12.8. The Kier molecular flexibility index (Phi) is 18.8. The van der Waals surface area contributed by atoms with Gasteiger partial charge >= 0.3 is 11.9 Å². The molecule has 0 radical (unpaired) electrons. The lowest BCUT2D eigenvalue weighted by atomic mass is 9.69. The first-order chi connectivity index (χ1) is 28.1. The van der Waals surface area contributed by atoms with Gasteiger partial charge in [0.05, 0.1) is 0 Å². The summed E-state index contributed by atoms with van der Waals surface area (Å²) < 4.78 is 26.3. The number of carboxylic acids is 2. The van der Waals surface area contributed by atoms with Crippen molar-refractivity contribution < 1.29 is 38.7 Å². The van der Waals surface area contributed by atoms with Crippen molar-refractivity contribution in [3.05, 3.63) is 46.5 Å². The molecule has 4 rings (SSSR count). The second-order valence-electron chi connectivity index (χ2n) is 19.3. The molecule has 2 atom stereocenters. The van der Waals surface area contributed by atoms with Gasteiger partial charge in [0, 0.05) is 34.8 Å². The van der Waals surface area contributed by atoms with Crippen molar-refractivity contribution in [1.82, 2.24) is 0 Å². The van der Waals surface area contributed by atoms with E-state index in [-0.39, 0.29) is 10.8 Å². The molecular weight excluding hydrogens is 741 g/mol. The highest BCUT2D eigenvalue weighted by molar-refractivity contribution is 5.73. The van der Waals surface area contributed by atoms with Gasteiger partial charge in [-0.1, -0.05) is 157 Å². The van der Waals surface area contributed by atoms with Crippen LogP contribution in [0.1, 0.15) is 218 Å². The van der Waals surface area contributed by atoms with Gasteiger partial charge in [0.1, 0.15) is 23.0 Å². The maximum Gasteiger partial charge on any atom is 0.344 e. The number of unbranched alkanes of at least 4 members (excludes halogenated alkanes) is 18. The van der Waals surface area contributed by atoms with E-state index in [1.54, 1.807) is 0 Å². The van der Waals surface area contributed by atoms with Gasteiger partial charge in [-0.3, -0.25) is 0 Å². The van der Waals surface area contributed by atoms with Crippen LogP contribution >= 0.6 is 0 Å². The second kappa shape index (κ2) is 23.0. The average molecular weight is 821 g/mol. The molecule has 0 bridgehead atoms. The van der Waals surface area contributed by atoms with E-state index in [1.165, 1.54) is 89.9 Å². The van der Waals surface area contributed by atoms with Crippen LogP contribution in [0.3, 0.4) is 0 Å². The van der Waals surface area contributed by atoms with Crippen LogP contribution in [0, 0.1) is 13.8 Å². The second-order valence-corrected chi connectivity index (χ2v) is 19.3. The highest BCUT2D eigenvalue weighted by Crippen LogP contribution is 2.55. The lowest BCUT2D eigenvalue weighted by Gasteiger charge is -2.51. The first-order valence-corrected chi connectivity index (χ1v) is 23.6. The Morgan fingerprint density at radius 2 is 0.847 bits per heavy atom. The summed E-state index contributed by atoms with van der Waals surface area (Å²) in [4.78, 5) is 24.7. The standard InChI is InChI=1S/C51H80O8/c1-9-11-13-15-17-19-21-23-25-27-29-41(47(52)53)56-43-33-39-45(31-37(43)3)58-51(35-49(39,5)6)36-50(7,8)40-34-44(38(4)32-46(40)59-51)57-42(48(54)55)30-28-26-24-22-20-18-16-14-12-10-2/h31-34,41-42H,9-30,35-36H2,1-8H3,(H,52,53)(H,54,55). The number of benzene rings is 2. The molecule has 2 heterocycles. The Morgan fingerprint density at radius 3 is 1.15 bits per heavy atom. The number of aliphatic carboxylic acids is 2. The minimum Gasteiger partial charge on any atom is -0.479 e. The molecule has 2 aliphatic rings.